The predicted molar refractivity (Wildman–Crippen MR) is 153 cm³/mol. The second kappa shape index (κ2) is 10.3. The van der Waals surface area contributed by atoms with Gasteiger partial charge in [0, 0.05) is 29.0 Å². The number of carbonyl (C=O) groups is 2. The summed E-state index contributed by atoms with van der Waals surface area (Å²) >= 11 is 0. The third kappa shape index (κ3) is 4.61. The van der Waals surface area contributed by atoms with Crippen LogP contribution >= 0.6 is 0 Å². The number of aromatic nitrogens is 1. The first-order valence-electron chi connectivity index (χ1n) is 15.1. The molecule has 3 aromatic rings. The maximum atomic E-state index is 14.6. The van der Waals surface area contributed by atoms with Gasteiger partial charge in [0.2, 0.25) is 0 Å². The van der Waals surface area contributed by atoms with E-state index in [1.807, 2.05) is 13.8 Å². The fraction of sp³-hybridized carbons (Fsp3) is 0.457. The molecule has 3 saturated carbocycles. The van der Waals surface area contributed by atoms with E-state index in [-0.39, 0.29) is 28.7 Å². The van der Waals surface area contributed by atoms with Crippen LogP contribution < -0.4 is 0 Å². The van der Waals surface area contributed by atoms with E-state index in [1.54, 1.807) is 36.4 Å². The number of ketones is 2. The summed E-state index contributed by atoms with van der Waals surface area (Å²) in [5.41, 5.74) is 3.66. The lowest BCUT2D eigenvalue weighted by molar-refractivity contribution is 0.0705. The third-order valence-corrected chi connectivity index (χ3v) is 9.53. The van der Waals surface area contributed by atoms with Gasteiger partial charge in [0.25, 0.3) is 0 Å². The summed E-state index contributed by atoms with van der Waals surface area (Å²) < 4.78 is 28.6. The van der Waals surface area contributed by atoms with Crippen molar-refractivity contribution in [2.45, 2.75) is 96.1 Å². The summed E-state index contributed by atoms with van der Waals surface area (Å²) in [5, 5.41) is 0. The van der Waals surface area contributed by atoms with Crippen molar-refractivity contribution in [3.63, 3.8) is 0 Å². The van der Waals surface area contributed by atoms with E-state index in [4.69, 9.17) is 4.98 Å². The molecule has 0 aliphatic heterocycles. The van der Waals surface area contributed by atoms with E-state index in [1.165, 1.54) is 12.1 Å². The Morgan fingerprint density at radius 2 is 1.50 bits per heavy atom. The average molecular weight is 542 g/mol. The molecule has 1 heterocycles. The van der Waals surface area contributed by atoms with Gasteiger partial charge in [0.15, 0.2) is 11.6 Å². The number of benzene rings is 2. The number of hydrogen-bond donors (Lipinski definition) is 0. The van der Waals surface area contributed by atoms with Gasteiger partial charge in [-0.2, -0.15) is 0 Å². The molecule has 4 aliphatic rings. The van der Waals surface area contributed by atoms with Gasteiger partial charge in [-0.25, -0.2) is 8.78 Å². The van der Waals surface area contributed by atoms with E-state index >= 15 is 0 Å². The second-order valence-electron chi connectivity index (χ2n) is 12.1. The van der Waals surface area contributed by atoms with Gasteiger partial charge in [-0.05, 0) is 73.6 Å². The maximum Gasteiger partial charge on any atom is 0.195 e. The van der Waals surface area contributed by atoms with E-state index in [2.05, 4.69) is 0 Å². The molecule has 0 unspecified atom stereocenters. The van der Waals surface area contributed by atoms with Crippen molar-refractivity contribution < 1.29 is 18.4 Å². The van der Waals surface area contributed by atoms with Crippen molar-refractivity contribution >= 4 is 11.6 Å². The van der Waals surface area contributed by atoms with Crippen LogP contribution in [-0.2, 0) is 12.1 Å². The highest BCUT2D eigenvalue weighted by atomic mass is 19.1. The summed E-state index contributed by atoms with van der Waals surface area (Å²) in [6.07, 6.45) is 9.53. The van der Waals surface area contributed by atoms with Gasteiger partial charge < -0.3 is 0 Å². The average Bonchev–Trinajstić information content (AvgIpc) is 3.47. The highest BCUT2D eigenvalue weighted by Gasteiger charge is 2.47. The number of fused-ring (bicyclic) bond motifs is 1. The van der Waals surface area contributed by atoms with Crippen LogP contribution in [0.25, 0.3) is 11.1 Å². The van der Waals surface area contributed by atoms with Crippen molar-refractivity contribution in [1.29, 1.82) is 0 Å². The summed E-state index contributed by atoms with van der Waals surface area (Å²) in [4.78, 5) is 33.3. The van der Waals surface area contributed by atoms with Gasteiger partial charge in [-0.3, -0.25) is 14.6 Å². The maximum absolute atomic E-state index is 14.6. The number of pyridine rings is 1. The van der Waals surface area contributed by atoms with Gasteiger partial charge in [0.1, 0.15) is 11.5 Å². The Balaban J connectivity index is 0.00000142. The van der Waals surface area contributed by atoms with Crippen LogP contribution in [0.2, 0.25) is 0 Å². The number of carbonyl (C=O) groups excluding carboxylic acids is 2. The number of nitrogens with zero attached hydrogens (tertiary/aromatic N) is 1. The molecule has 0 bridgehead atoms. The molecule has 4 aliphatic carbocycles. The van der Waals surface area contributed by atoms with Crippen LogP contribution in [-0.4, -0.2) is 16.6 Å². The van der Waals surface area contributed by atoms with Gasteiger partial charge in [-0.1, -0.05) is 69.5 Å². The topological polar surface area (TPSA) is 47.0 Å². The molecule has 0 atom stereocenters. The number of alkyl halides is 1. The number of halogens is 2. The molecular weight excluding hydrogens is 504 g/mol. The predicted octanol–water partition coefficient (Wildman–Crippen LogP) is 9.06. The first-order chi connectivity index (χ1) is 19.4. The molecule has 5 heteroatoms. The van der Waals surface area contributed by atoms with Gasteiger partial charge in [-0.15, -0.1) is 0 Å². The normalized spacial score (nSPS) is 20.4. The molecule has 1 spiro atoms. The first kappa shape index (κ1) is 27.0. The van der Waals surface area contributed by atoms with Crippen LogP contribution in [0, 0.1) is 11.2 Å². The SMILES string of the molecule is CC.O=C1CC2(CCC2)Cc2nc(C3CCCC3)c(C(=O)c3ccc(C4(F)CC4)cc3)c(-c3ccc(F)cc3)c21. The quantitative estimate of drug-likeness (QED) is 0.303. The lowest BCUT2D eigenvalue weighted by Gasteiger charge is -2.45. The summed E-state index contributed by atoms with van der Waals surface area (Å²) in [5.74, 6) is -0.384. The third-order valence-electron chi connectivity index (χ3n) is 9.53. The second-order valence-corrected chi connectivity index (χ2v) is 12.1. The Hall–Kier alpha value is -3.21. The monoisotopic (exact) mass is 541 g/mol. The van der Waals surface area contributed by atoms with Crippen molar-refractivity contribution in [2.75, 3.05) is 0 Å². The molecule has 40 heavy (non-hydrogen) atoms. The van der Waals surface area contributed by atoms with Crippen LogP contribution in [0.3, 0.4) is 0 Å². The van der Waals surface area contributed by atoms with Crippen molar-refractivity contribution in [3.05, 3.63) is 88.0 Å². The van der Waals surface area contributed by atoms with Gasteiger partial charge in [0.05, 0.1) is 17.0 Å². The van der Waals surface area contributed by atoms with Crippen LogP contribution in [0.1, 0.15) is 127 Å². The van der Waals surface area contributed by atoms with Crippen LogP contribution in [0.15, 0.2) is 48.5 Å². The largest absolute Gasteiger partial charge is 0.294 e. The summed E-state index contributed by atoms with van der Waals surface area (Å²) in [6.45, 7) is 4.00. The number of rotatable bonds is 5. The molecule has 0 radical (unpaired) electrons. The lowest BCUT2D eigenvalue weighted by atomic mass is 9.59. The molecule has 1 aromatic heterocycles. The molecule has 7 rings (SSSR count). The first-order valence-corrected chi connectivity index (χ1v) is 15.1. The highest BCUT2D eigenvalue weighted by molar-refractivity contribution is 6.17. The van der Waals surface area contributed by atoms with Crippen molar-refractivity contribution in [2.24, 2.45) is 5.41 Å². The molecule has 3 fully saturated rings. The van der Waals surface area contributed by atoms with Crippen LogP contribution in [0.5, 0.6) is 0 Å². The number of hydrogen-bond acceptors (Lipinski definition) is 3. The fourth-order valence-corrected chi connectivity index (χ4v) is 7.05. The Bertz CT molecular complexity index is 1440. The number of Topliss-reactive ketones (excluding diaryl/α,β-unsaturated/α-hetero) is 1. The minimum Gasteiger partial charge on any atom is -0.294 e. The minimum atomic E-state index is -1.27. The Morgan fingerprint density at radius 3 is 2.08 bits per heavy atom. The molecule has 0 amide bonds. The Morgan fingerprint density at radius 1 is 0.850 bits per heavy atom. The molecule has 0 saturated heterocycles. The summed E-state index contributed by atoms with van der Waals surface area (Å²) in [6, 6.07) is 12.9. The zero-order chi connectivity index (χ0) is 28.1. The van der Waals surface area contributed by atoms with E-state index in [0.717, 1.165) is 62.8 Å². The standard InChI is InChI=1S/C33H31F2NO2.C2H6/c34-24-12-8-20(9-13-24)27-28-25(18-32(14-3-15-32)19-26(28)37)36-30(21-4-1-2-5-21)29(27)31(38)22-6-10-23(11-7-22)33(35)16-17-33;1-2/h6-13,21H,1-5,14-19H2;1-2H3. The minimum absolute atomic E-state index is 0.00339. The molecular formula is C35H37F2NO2. The van der Waals surface area contributed by atoms with Gasteiger partial charge >= 0.3 is 0 Å². The lowest BCUT2D eigenvalue weighted by Crippen LogP contribution is -2.39. The zero-order valence-electron chi connectivity index (χ0n) is 23.5. The smallest absolute Gasteiger partial charge is 0.195 e. The van der Waals surface area contributed by atoms with Crippen LogP contribution in [0.4, 0.5) is 8.78 Å². The Kier molecular flexibility index (Phi) is 6.96. The summed E-state index contributed by atoms with van der Waals surface area (Å²) in [7, 11) is 0. The van der Waals surface area contributed by atoms with E-state index in [9.17, 15) is 18.4 Å². The zero-order valence-corrected chi connectivity index (χ0v) is 23.5. The highest BCUT2D eigenvalue weighted by Crippen LogP contribution is 2.53. The van der Waals surface area contributed by atoms with E-state index in [0.29, 0.717) is 52.6 Å². The van der Waals surface area contributed by atoms with E-state index < -0.39 is 5.67 Å². The molecule has 2 aromatic carbocycles. The molecule has 0 N–H and O–H groups in total. The molecule has 208 valence electrons. The fourth-order valence-electron chi connectivity index (χ4n) is 7.05. The Labute approximate surface area is 235 Å². The van der Waals surface area contributed by atoms with Crippen molar-refractivity contribution in [1.82, 2.24) is 4.98 Å². The molecule has 3 nitrogen and oxygen atoms in total. The van der Waals surface area contributed by atoms with Crippen molar-refractivity contribution in [3.8, 4) is 11.1 Å².